The summed E-state index contributed by atoms with van der Waals surface area (Å²) in [6.07, 6.45) is 3.14. The first-order valence-electron chi connectivity index (χ1n) is 7.47. The Morgan fingerprint density at radius 1 is 1.20 bits per heavy atom. The van der Waals surface area contributed by atoms with E-state index in [9.17, 15) is 4.79 Å². The zero-order chi connectivity index (χ0) is 17.6. The van der Waals surface area contributed by atoms with Gasteiger partial charge in [-0.1, -0.05) is 23.7 Å². The van der Waals surface area contributed by atoms with Crippen molar-refractivity contribution in [3.8, 4) is 5.75 Å². The van der Waals surface area contributed by atoms with Gasteiger partial charge in [0.05, 0.1) is 19.3 Å². The maximum absolute atomic E-state index is 12.2. The van der Waals surface area contributed by atoms with Crippen molar-refractivity contribution in [2.24, 2.45) is 0 Å². The van der Waals surface area contributed by atoms with Gasteiger partial charge in [0.15, 0.2) is 0 Å². The normalized spacial score (nSPS) is 10.3. The molecule has 0 radical (unpaired) electrons. The lowest BCUT2D eigenvalue weighted by Gasteiger charge is -2.12. The fourth-order valence-electron chi connectivity index (χ4n) is 2.26. The fourth-order valence-corrected chi connectivity index (χ4v) is 2.43. The summed E-state index contributed by atoms with van der Waals surface area (Å²) >= 11 is 5.95. The van der Waals surface area contributed by atoms with E-state index < -0.39 is 0 Å². The monoisotopic (exact) mass is 357 g/mol. The molecule has 0 saturated carbocycles. The number of aromatic nitrogens is 3. The molecule has 0 aliphatic carbocycles. The third-order valence-electron chi connectivity index (χ3n) is 3.43. The molecule has 128 valence electrons. The second-order valence-electron chi connectivity index (χ2n) is 5.21. The molecule has 1 heterocycles. The number of anilines is 2. The van der Waals surface area contributed by atoms with Gasteiger partial charge in [-0.2, -0.15) is 5.10 Å². The molecular formula is C17H16ClN5O2. The molecule has 3 rings (SSSR count). The van der Waals surface area contributed by atoms with E-state index in [0.717, 1.165) is 5.56 Å². The van der Waals surface area contributed by atoms with Gasteiger partial charge >= 0.3 is 6.03 Å². The topological polar surface area (TPSA) is 81.1 Å². The number of hydrogen-bond donors (Lipinski definition) is 2. The van der Waals surface area contributed by atoms with Crippen LogP contribution in [0.3, 0.4) is 0 Å². The summed E-state index contributed by atoms with van der Waals surface area (Å²) in [5.41, 5.74) is 2.21. The van der Waals surface area contributed by atoms with Crippen molar-refractivity contribution in [1.29, 1.82) is 0 Å². The lowest BCUT2D eigenvalue weighted by Crippen LogP contribution is -2.19. The minimum atomic E-state index is -0.385. The summed E-state index contributed by atoms with van der Waals surface area (Å²) in [6.45, 7) is 0.617. The van der Waals surface area contributed by atoms with E-state index in [2.05, 4.69) is 20.7 Å². The molecule has 0 unspecified atom stereocenters. The van der Waals surface area contributed by atoms with E-state index in [1.54, 1.807) is 29.2 Å². The summed E-state index contributed by atoms with van der Waals surface area (Å²) in [5, 5.41) is 10.0. The first-order valence-corrected chi connectivity index (χ1v) is 7.85. The minimum absolute atomic E-state index is 0.385. The van der Waals surface area contributed by atoms with E-state index in [1.807, 2.05) is 24.3 Å². The highest BCUT2D eigenvalue weighted by Gasteiger charge is 2.08. The number of urea groups is 1. The quantitative estimate of drug-likeness (QED) is 0.730. The van der Waals surface area contributed by atoms with E-state index in [4.69, 9.17) is 16.3 Å². The summed E-state index contributed by atoms with van der Waals surface area (Å²) < 4.78 is 6.93. The van der Waals surface area contributed by atoms with Crippen molar-refractivity contribution in [3.05, 3.63) is 65.7 Å². The Kier molecular flexibility index (Phi) is 5.15. The van der Waals surface area contributed by atoms with E-state index >= 15 is 0 Å². The average Bonchev–Trinajstić information content (AvgIpc) is 3.10. The molecule has 2 aromatic carbocycles. The number of hydrogen-bond acceptors (Lipinski definition) is 4. The van der Waals surface area contributed by atoms with E-state index in [-0.39, 0.29) is 6.03 Å². The Morgan fingerprint density at radius 2 is 2.00 bits per heavy atom. The Hall–Kier alpha value is -3.06. The maximum Gasteiger partial charge on any atom is 0.323 e. The van der Waals surface area contributed by atoms with Crippen molar-refractivity contribution < 1.29 is 9.53 Å². The van der Waals surface area contributed by atoms with Gasteiger partial charge in [-0.25, -0.2) is 14.5 Å². The van der Waals surface area contributed by atoms with Crippen LogP contribution in [0.4, 0.5) is 16.2 Å². The number of amides is 2. The van der Waals surface area contributed by atoms with Crippen molar-refractivity contribution in [1.82, 2.24) is 14.8 Å². The lowest BCUT2D eigenvalue weighted by atomic mass is 10.2. The highest BCUT2D eigenvalue weighted by Crippen LogP contribution is 2.27. The van der Waals surface area contributed by atoms with Crippen LogP contribution in [0.1, 0.15) is 5.56 Å². The van der Waals surface area contributed by atoms with Crippen LogP contribution in [0, 0.1) is 0 Å². The zero-order valence-electron chi connectivity index (χ0n) is 13.4. The number of halogens is 1. The summed E-state index contributed by atoms with van der Waals surface area (Å²) in [4.78, 5) is 16.1. The average molecular weight is 358 g/mol. The molecule has 0 aliphatic heterocycles. The molecule has 0 aliphatic rings. The van der Waals surface area contributed by atoms with Gasteiger partial charge < -0.3 is 15.4 Å². The van der Waals surface area contributed by atoms with Crippen molar-refractivity contribution >= 4 is 29.0 Å². The van der Waals surface area contributed by atoms with Crippen LogP contribution >= 0.6 is 11.6 Å². The number of nitrogens with one attached hydrogen (secondary N) is 2. The second kappa shape index (κ2) is 7.67. The van der Waals surface area contributed by atoms with Crippen molar-refractivity contribution in [2.45, 2.75) is 6.54 Å². The zero-order valence-corrected chi connectivity index (χ0v) is 14.2. The molecule has 0 saturated heterocycles. The standard InChI is InChI=1S/C17H16ClN5O2/c1-25-16-7-4-13(18)8-15(16)22-17(24)21-14-5-2-12(3-6-14)9-23-11-19-10-20-23/h2-8,10-11H,9H2,1H3,(H2,21,22,24). The van der Waals surface area contributed by atoms with E-state index in [0.29, 0.717) is 28.7 Å². The number of rotatable bonds is 5. The molecule has 0 spiro atoms. The number of carbonyl (C=O) groups is 1. The number of carbonyl (C=O) groups excluding carboxylic acids is 1. The highest BCUT2D eigenvalue weighted by atomic mass is 35.5. The number of benzene rings is 2. The summed E-state index contributed by atoms with van der Waals surface area (Å²) in [5.74, 6) is 0.530. The molecule has 2 N–H and O–H groups in total. The molecule has 3 aromatic rings. The third kappa shape index (κ3) is 4.48. The van der Waals surface area contributed by atoms with Gasteiger partial charge in [0.2, 0.25) is 0 Å². The van der Waals surface area contributed by atoms with Crippen LogP contribution in [0.2, 0.25) is 5.02 Å². The van der Waals surface area contributed by atoms with Crippen molar-refractivity contribution in [2.75, 3.05) is 17.7 Å². The predicted molar refractivity (Wildman–Crippen MR) is 96.2 cm³/mol. The molecule has 0 fully saturated rings. The molecule has 8 heteroatoms. The molecule has 7 nitrogen and oxygen atoms in total. The molecule has 0 bridgehead atoms. The molecular weight excluding hydrogens is 342 g/mol. The number of ether oxygens (including phenoxy) is 1. The van der Waals surface area contributed by atoms with Gasteiger partial charge in [-0.15, -0.1) is 0 Å². The smallest absolute Gasteiger partial charge is 0.323 e. The number of methoxy groups -OCH3 is 1. The van der Waals surface area contributed by atoms with Gasteiger partial charge in [-0.3, -0.25) is 0 Å². The minimum Gasteiger partial charge on any atom is -0.495 e. The molecule has 1 aromatic heterocycles. The Morgan fingerprint density at radius 3 is 2.68 bits per heavy atom. The highest BCUT2D eigenvalue weighted by molar-refractivity contribution is 6.31. The molecule has 0 atom stereocenters. The van der Waals surface area contributed by atoms with Gasteiger partial charge in [0, 0.05) is 10.7 Å². The Balaban J connectivity index is 1.62. The molecule has 25 heavy (non-hydrogen) atoms. The SMILES string of the molecule is COc1ccc(Cl)cc1NC(=O)Nc1ccc(Cn2cncn2)cc1. The summed E-state index contributed by atoms with van der Waals surface area (Å²) in [6, 6.07) is 12.1. The third-order valence-corrected chi connectivity index (χ3v) is 3.67. The van der Waals surface area contributed by atoms with E-state index in [1.165, 1.54) is 13.4 Å². The second-order valence-corrected chi connectivity index (χ2v) is 5.65. The molecule has 2 amide bonds. The maximum atomic E-state index is 12.2. The van der Waals surface area contributed by atoms with Gasteiger partial charge in [0.1, 0.15) is 18.4 Å². The van der Waals surface area contributed by atoms with Crippen LogP contribution in [0.25, 0.3) is 0 Å². The van der Waals surface area contributed by atoms with Gasteiger partial charge in [0.25, 0.3) is 0 Å². The van der Waals surface area contributed by atoms with Crippen molar-refractivity contribution in [3.63, 3.8) is 0 Å². The van der Waals surface area contributed by atoms with Crippen LogP contribution in [0.5, 0.6) is 5.75 Å². The lowest BCUT2D eigenvalue weighted by molar-refractivity contribution is 0.262. The van der Waals surface area contributed by atoms with Crippen LogP contribution in [0.15, 0.2) is 55.1 Å². The largest absolute Gasteiger partial charge is 0.495 e. The van der Waals surface area contributed by atoms with Crippen LogP contribution in [-0.4, -0.2) is 27.9 Å². The first kappa shape index (κ1) is 16.8. The number of nitrogens with zero attached hydrogens (tertiary/aromatic N) is 3. The van der Waals surface area contributed by atoms with Crippen LogP contribution < -0.4 is 15.4 Å². The predicted octanol–water partition coefficient (Wildman–Crippen LogP) is 3.63. The summed E-state index contributed by atoms with van der Waals surface area (Å²) in [7, 11) is 1.53. The first-order chi connectivity index (χ1) is 12.1. The Labute approximate surface area is 149 Å². The fraction of sp³-hybridized carbons (Fsp3) is 0.118. The Bertz CT molecular complexity index is 850. The van der Waals surface area contributed by atoms with Gasteiger partial charge in [-0.05, 0) is 35.9 Å². The van der Waals surface area contributed by atoms with Crippen LogP contribution in [-0.2, 0) is 6.54 Å².